The third-order valence-electron chi connectivity index (χ3n) is 6.09. The van der Waals surface area contributed by atoms with E-state index in [1.54, 1.807) is 24.5 Å². The van der Waals surface area contributed by atoms with Gasteiger partial charge in [0.05, 0.1) is 13.7 Å². The Morgan fingerprint density at radius 2 is 2.03 bits per heavy atom. The van der Waals surface area contributed by atoms with Crippen LogP contribution in [0.25, 0.3) is 0 Å². The monoisotopic (exact) mass is 431 g/mol. The minimum absolute atomic E-state index is 0.0959. The summed E-state index contributed by atoms with van der Waals surface area (Å²) in [5, 5.41) is 4.84. The zero-order valence-corrected chi connectivity index (χ0v) is 17.4. The van der Waals surface area contributed by atoms with Crippen molar-refractivity contribution in [1.82, 2.24) is 20.5 Å². The fraction of sp³-hybridized carbons (Fsp3) is 0.304. The average Bonchev–Trinajstić information content (AvgIpc) is 3.39. The number of nitrogens with zero attached hydrogens (tertiary/aromatic N) is 2. The van der Waals surface area contributed by atoms with Gasteiger partial charge in [-0.3, -0.25) is 19.9 Å². The topological polar surface area (TPSA) is 127 Å². The van der Waals surface area contributed by atoms with Crippen LogP contribution in [0.2, 0.25) is 0 Å². The van der Waals surface area contributed by atoms with E-state index in [1.165, 1.54) is 12.0 Å². The van der Waals surface area contributed by atoms with Crippen LogP contribution in [0.15, 0.2) is 36.7 Å². The molecule has 2 aliphatic heterocycles. The lowest BCUT2D eigenvalue weighted by Crippen LogP contribution is -2.54. The van der Waals surface area contributed by atoms with Gasteiger partial charge in [0.2, 0.25) is 5.54 Å². The number of methoxy groups -OCH3 is 1. The molecule has 2 aromatic rings. The predicted molar refractivity (Wildman–Crippen MR) is 113 cm³/mol. The van der Waals surface area contributed by atoms with E-state index in [-0.39, 0.29) is 18.0 Å². The van der Waals surface area contributed by atoms with Crippen LogP contribution < -0.4 is 21.1 Å². The molecule has 1 aromatic heterocycles. The minimum atomic E-state index is -1.57. The number of aromatic nitrogens is 1. The summed E-state index contributed by atoms with van der Waals surface area (Å²) in [5.41, 5.74) is 7.09. The van der Waals surface area contributed by atoms with Crippen molar-refractivity contribution in [3.05, 3.63) is 58.9 Å². The largest absolute Gasteiger partial charge is 0.497 e. The van der Waals surface area contributed by atoms with Gasteiger partial charge in [-0.15, -0.1) is 0 Å². The van der Waals surface area contributed by atoms with Gasteiger partial charge in [0.25, 0.3) is 11.8 Å². The van der Waals surface area contributed by atoms with Crippen molar-refractivity contribution < 1.29 is 19.1 Å². The van der Waals surface area contributed by atoms with Crippen molar-refractivity contribution in [2.45, 2.75) is 30.5 Å². The van der Waals surface area contributed by atoms with Crippen LogP contribution >= 0.6 is 0 Å². The second-order valence-electron chi connectivity index (χ2n) is 8.37. The highest BCUT2D eigenvalue weighted by molar-refractivity contribution is 6.10. The van der Waals surface area contributed by atoms with Gasteiger partial charge < -0.3 is 20.7 Å². The van der Waals surface area contributed by atoms with Crippen molar-refractivity contribution in [2.75, 3.05) is 13.7 Å². The first-order valence-corrected chi connectivity index (χ1v) is 10.2. The van der Waals surface area contributed by atoms with Crippen molar-refractivity contribution in [2.24, 2.45) is 5.73 Å². The van der Waals surface area contributed by atoms with Crippen LogP contribution in [0.5, 0.6) is 5.75 Å². The number of carbonyl (C=O) groups is 3. The van der Waals surface area contributed by atoms with E-state index in [4.69, 9.17) is 10.5 Å². The van der Waals surface area contributed by atoms with Crippen LogP contribution in [0, 0.1) is 11.8 Å². The normalized spacial score (nSPS) is 22.6. The number of amides is 4. The fourth-order valence-corrected chi connectivity index (χ4v) is 3.99. The molecule has 1 aliphatic carbocycles. The highest BCUT2D eigenvalue weighted by Gasteiger charge is 2.48. The Morgan fingerprint density at radius 3 is 2.72 bits per heavy atom. The summed E-state index contributed by atoms with van der Waals surface area (Å²) >= 11 is 0. The van der Waals surface area contributed by atoms with E-state index < -0.39 is 17.5 Å². The molecule has 0 bridgehead atoms. The average molecular weight is 431 g/mol. The van der Waals surface area contributed by atoms with E-state index >= 15 is 0 Å². The molecule has 9 nitrogen and oxygen atoms in total. The number of fused-ring (bicyclic) bond motifs is 1. The van der Waals surface area contributed by atoms with E-state index in [1.807, 2.05) is 12.1 Å². The van der Waals surface area contributed by atoms with Gasteiger partial charge in [-0.2, -0.15) is 0 Å². The quantitative estimate of drug-likeness (QED) is 0.481. The number of nitrogens with two attached hydrogens (primary N) is 1. The number of carbonyl (C=O) groups excluding carboxylic acids is 3. The summed E-state index contributed by atoms with van der Waals surface area (Å²) in [6.45, 7) is 0.207. The number of hydrogen-bond acceptors (Lipinski definition) is 6. The molecule has 162 valence electrons. The lowest BCUT2D eigenvalue weighted by Gasteiger charge is -2.26. The molecular formula is C23H21N5O4. The van der Waals surface area contributed by atoms with E-state index in [0.717, 1.165) is 24.0 Å². The van der Waals surface area contributed by atoms with Crippen LogP contribution in [0.4, 0.5) is 4.79 Å². The van der Waals surface area contributed by atoms with Gasteiger partial charge in [0.1, 0.15) is 5.75 Å². The molecule has 2 fully saturated rings. The van der Waals surface area contributed by atoms with Gasteiger partial charge in [-0.25, -0.2) is 4.79 Å². The number of imide groups is 1. The minimum Gasteiger partial charge on any atom is -0.497 e. The Bertz CT molecular complexity index is 1230. The van der Waals surface area contributed by atoms with E-state index in [2.05, 4.69) is 27.5 Å². The summed E-state index contributed by atoms with van der Waals surface area (Å²) in [5.74, 6) is 5.56. The third kappa shape index (κ3) is 3.35. The van der Waals surface area contributed by atoms with Gasteiger partial charge in [0.15, 0.2) is 0 Å². The smallest absolute Gasteiger partial charge is 0.323 e. The van der Waals surface area contributed by atoms with Crippen LogP contribution in [-0.2, 0) is 16.9 Å². The molecule has 1 aromatic carbocycles. The Kier molecular flexibility index (Phi) is 4.42. The van der Waals surface area contributed by atoms with E-state index in [9.17, 15) is 14.4 Å². The van der Waals surface area contributed by atoms with Crippen LogP contribution in [-0.4, -0.2) is 46.9 Å². The number of urea groups is 1. The fourth-order valence-electron chi connectivity index (χ4n) is 3.99. The maximum absolute atomic E-state index is 13.0. The molecular weight excluding hydrogens is 410 g/mol. The number of hydrogen-bond donors (Lipinski definition) is 3. The zero-order valence-electron chi connectivity index (χ0n) is 17.4. The number of benzene rings is 1. The Morgan fingerprint density at radius 1 is 1.22 bits per heavy atom. The standard InChI is InChI=1S/C23H21N5O4/c1-32-17-3-2-15-12-28(19(29)18(15)9-17)13-23(20(30)26-21(31)27-23)5-4-14-8-16(11-25-10-14)22(24)6-7-22/h2-3,8-11H,6-7,12-13,24H2,1H3,(H2,26,27,30,31)/t23-/m1/s1. The SMILES string of the molecule is COc1ccc2c(c1)C(=O)N(C[C@@]1(C#Cc3cncc(C4(N)CC4)c3)NC(=O)NC1=O)C2. The summed E-state index contributed by atoms with van der Waals surface area (Å²) in [6.07, 6.45) is 5.06. The summed E-state index contributed by atoms with van der Waals surface area (Å²) in [4.78, 5) is 43.4. The predicted octanol–water partition coefficient (Wildman–Crippen LogP) is 0.624. The zero-order chi connectivity index (χ0) is 22.5. The number of nitrogens with one attached hydrogen (secondary N) is 2. The second kappa shape index (κ2) is 7.07. The molecule has 0 unspecified atom stereocenters. The molecule has 1 atom stereocenters. The Balaban J connectivity index is 1.45. The van der Waals surface area contributed by atoms with Gasteiger partial charge >= 0.3 is 6.03 Å². The Hall–Kier alpha value is -3.90. The maximum atomic E-state index is 13.0. The van der Waals surface area contributed by atoms with Gasteiger partial charge in [0, 0.05) is 35.6 Å². The third-order valence-corrected chi connectivity index (χ3v) is 6.09. The van der Waals surface area contributed by atoms with Crippen molar-refractivity contribution >= 4 is 17.8 Å². The molecule has 1 saturated carbocycles. The van der Waals surface area contributed by atoms with Crippen molar-refractivity contribution in [1.29, 1.82) is 0 Å². The lowest BCUT2D eigenvalue weighted by atomic mass is 9.98. The summed E-state index contributed by atoms with van der Waals surface area (Å²) < 4.78 is 5.20. The molecule has 3 aliphatic rings. The van der Waals surface area contributed by atoms with Crippen LogP contribution in [0.1, 0.15) is 39.9 Å². The van der Waals surface area contributed by atoms with Gasteiger partial charge in [-0.05, 0) is 42.2 Å². The number of rotatable bonds is 4. The molecule has 4 N–H and O–H groups in total. The molecule has 9 heteroatoms. The number of ether oxygens (including phenoxy) is 1. The molecule has 4 amide bonds. The van der Waals surface area contributed by atoms with Crippen molar-refractivity contribution in [3.63, 3.8) is 0 Å². The van der Waals surface area contributed by atoms with Gasteiger partial charge in [-0.1, -0.05) is 17.9 Å². The summed E-state index contributed by atoms with van der Waals surface area (Å²) in [7, 11) is 1.53. The van der Waals surface area contributed by atoms with Crippen LogP contribution in [0.3, 0.4) is 0 Å². The van der Waals surface area contributed by atoms with E-state index in [0.29, 0.717) is 23.4 Å². The Labute approximate surface area is 184 Å². The summed E-state index contributed by atoms with van der Waals surface area (Å²) in [6, 6.07) is 6.45. The van der Waals surface area contributed by atoms with Crippen molar-refractivity contribution in [3.8, 4) is 17.6 Å². The molecule has 1 saturated heterocycles. The first kappa shape index (κ1) is 20.0. The first-order valence-electron chi connectivity index (χ1n) is 10.2. The molecule has 3 heterocycles. The lowest BCUT2D eigenvalue weighted by molar-refractivity contribution is -0.122. The highest BCUT2D eigenvalue weighted by Crippen LogP contribution is 2.42. The molecule has 5 rings (SSSR count). The molecule has 0 spiro atoms. The molecule has 32 heavy (non-hydrogen) atoms. The molecule has 0 radical (unpaired) electrons. The number of pyridine rings is 1. The maximum Gasteiger partial charge on any atom is 0.323 e. The second-order valence-corrected chi connectivity index (χ2v) is 8.37. The first-order chi connectivity index (χ1) is 15.3. The highest BCUT2D eigenvalue weighted by atomic mass is 16.5.